The molecule has 0 radical (unpaired) electrons. The van der Waals surface area contributed by atoms with E-state index in [2.05, 4.69) is 14.9 Å². The van der Waals surface area contributed by atoms with E-state index in [0.717, 1.165) is 30.7 Å². The van der Waals surface area contributed by atoms with E-state index in [1.165, 1.54) is 32.1 Å². The first-order chi connectivity index (χ1) is 20.8. The van der Waals surface area contributed by atoms with E-state index in [1.807, 2.05) is 11.0 Å². The van der Waals surface area contributed by atoms with Crippen molar-refractivity contribution in [2.75, 3.05) is 57.1 Å². The summed E-state index contributed by atoms with van der Waals surface area (Å²) < 4.78 is 54.2. The number of thiophene rings is 1. The molecule has 4 aromatic rings. The van der Waals surface area contributed by atoms with Crippen molar-refractivity contribution in [1.82, 2.24) is 14.9 Å². The van der Waals surface area contributed by atoms with Gasteiger partial charge in [0, 0.05) is 48.6 Å². The van der Waals surface area contributed by atoms with Crippen molar-refractivity contribution in [3.05, 3.63) is 40.4 Å². The molecule has 0 aliphatic carbocycles. The van der Waals surface area contributed by atoms with E-state index in [1.54, 1.807) is 6.07 Å². The Kier molecular flexibility index (Phi) is 8.51. The van der Waals surface area contributed by atoms with E-state index in [4.69, 9.17) is 26.8 Å². The Bertz CT molecular complexity index is 1710. The zero-order valence-electron chi connectivity index (χ0n) is 23.5. The minimum Gasteiger partial charge on any atom is -0.467 e. The first-order valence-electron chi connectivity index (χ1n) is 14.2. The molecular formula is C30H30ClF3N6O2S. The monoisotopic (exact) mass is 630 g/mol. The van der Waals surface area contributed by atoms with Gasteiger partial charge in [-0.25, -0.2) is 13.2 Å². The number of hydrogen-bond acceptors (Lipinski definition) is 9. The minimum absolute atomic E-state index is 0.000584. The highest BCUT2D eigenvalue weighted by atomic mass is 35.5. The van der Waals surface area contributed by atoms with Crippen LogP contribution in [-0.2, 0) is 4.74 Å². The van der Waals surface area contributed by atoms with E-state index in [0.29, 0.717) is 50.1 Å². The molecule has 0 saturated carbocycles. The zero-order chi connectivity index (χ0) is 30.2. The Morgan fingerprint density at radius 1 is 1.19 bits per heavy atom. The number of rotatable bonds is 3. The van der Waals surface area contributed by atoms with Gasteiger partial charge in [-0.05, 0) is 49.9 Å². The molecule has 0 spiro atoms. The SMILES string of the molecule is COc1nc(N2CCCOCC2)c2cc(Cl)c(-c3ccc(F)c4sc(N)c(C#N)c34)c(F)c2n1.FC1CC2CCCN2C1. The number of aromatic nitrogens is 2. The van der Waals surface area contributed by atoms with Gasteiger partial charge in [0.15, 0.2) is 5.82 Å². The van der Waals surface area contributed by atoms with E-state index >= 15 is 4.39 Å². The third kappa shape index (κ3) is 5.55. The van der Waals surface area contributed by atoms with Crippen LogP contribution in [0.2, 0.25) is 5.02 Å². The average Bonchev–Trinajstić information content (AvgIpc) is 3.59. The smallest absolute Gasteiger partial charge is 0.318 e. The third-order valence-corrected chi connectivity index (χ3v) is 9.53. The Morgan fingerprint density at radius 3 is 2.79 bits per heavy atom. The zero-order valence-corrected chi connectivity index (χ0v) is 25.1. The molecule has 2 aromatic heterocycles. The molecule has 3 aliphatic heterocycles. The van der Waals surface area contributed by atoms with Gasteiger partial charge in [0.05, 0.1) is 29.0 Å². The molecule has 43 heavy (non-hydrogen) atoms. The maximum Gasteiger partial charge on any atom is 0.318 e. The van der Waals surface area contributed by atoms with E-state index in [9.17, 15) is 14.0 Å². The molecule has 0 bridgehead atoms. The van der Waals surface area contributed by atoms with Gasteiger partial charge in [-0.3, -0.25) is 4.90 Å². The summed E-state index contributed by atoms with van der Waals surface area (Å²) in [5, 5.41) is 10.5. The topological polar surface area (TPSA) is 101 Å². The number of nitrogen functional groups attached to an aromatic ring is 1. The first-order valence-corrected chi connectivity index (χ1v) is 15.4. The van der Waals surface area contributed by atoms with Gasteiger partial charge in [0.1, 0.15) is 34.4 Å². The Hall–Kier alpha value is -3.37. The van der Waals surface area contributed by atoms with Gasteiger partial charge in [-0.1, -0.05) is 17.7 Å². The van der Waals surface area contributed by atoms with Crippen LogP contribution in [0, 0.1) is 23.0 Å². The molecule has 2 atom stereocenters. The average molecular weight is 631 g/mol. The summed E-state index contributed by atoms with van der Waals surface area (Å²) in [4.78, 5) is 13.0. The normalized spacial score (nSPS) is 20.5. The summed E-state index contributed by atoms with van der Waals surface area (Å²) in [5.74, 6) is -0.789. The minimum atomic E-state index is -0.725. The standard InChI is InChI=1S/C23H18ClF2N5O2S.C7H12FN/c1-32-23-29-19-12(22(30-23)31-5-2-7-33-8-6-31)9-14(24)17(18(19)26)11-3-4-15(25)20-16(11)13(10-27)21(28)34-20;8-6-4-7-2-1-3-9(7)5-6/h3-4,9H,2,5-8,28H2,1H3;6-7H,1-5H2. The summed E-state index contributed by atoms with van der Waals surface area (Å²) in [6.45, 7) is 4.21. The highest BCUT2D eigenvalue weighted by Crippen LogP contribution is 2.45. The van der Waals surface area contributed by atoms with Crippen LogP contribution in [0.5, 0.6) is 6.01 Å². The van der Waals surface area contributed by atoms with Crippen molar-refractivity contribution in [3.8, 4) is 23.2 Å². The molecule has 3 fully saturated rings. The largest absolute Gasteiger partial charge is 0.467 e. The summed E-state index contributed by atoms with van der Waals surface area (Å²) in [6.07, 6.45) is 3.60. The van der Waals surface area contributed by atoms with Gasteiger partial charge in [0.25, 0.3) is 0 Å². The lowest BCUT2D eigenvalue weighted by Gasteiger charge is -2.23. The summed E-state index contributed by atoms with van der Waals surface area (Å²) in [6, 6.07) is 6.80. The van der Waals surface area contributed by atoms with Crippen molar-refractivity contribution in [2.45, 2.75) is 37.9 Å². The van der Waals surface area contributed by atoms with Crippen molar-refractivity contribution < 1.29 is 22.6 Å². The number of hydrogen-bond donors (Lipinski definition) is 1. The number of methoxy groups -OCH3 is 1. The number of benzene rings is 2. The van der Waals surface area contributed by atoms with E-state index < -0.39 is 17.8 Å². The van der Waals surface area contributed by atoms with Gasteiger partial charge >= 0.3 is 6.01 Å². The number of alkyl halides is 1. The number of nitrogens with zero attached hydrogens (tertiary/aromatic N) is 5. The lowest BCUT2D eigenvalue weighted by atomic mass is 9.97. The van der Waals surface area contributed by atoms with Crippen LogP contribution in [-0.4, -0.2) is 73.6 Å². The third-order valence-electron chi connectivity index (χ3n) is 8.21. The lowest BCUT2D eigenvalue weighted by Crippen LogP contribution is -2.27. The van der Waals surface area contributed by atoms with Crippen molar-refractivity contribution in [1.29, 1.82) is 5.26 Å². The molecule has 2 N–H and O–H groups in total. The van der Waals surface area contributed by atoms with E-state index in [-0.39, 0.29) is 48.3 Å². The number of nitriles is 1. The molecule has 13 heteroatoms. The molecule has 3 aliphatic rings. The molecular weight excluding hydrogens is 601 g/mol. The maximum atomic E-state index is 16.2. The quantitative estimate of drug-likeness (QED) is 0.281. The number of halogens is 4. The van der Waals surface area contributed by atoms with Crippen molar-refractivity contribution in [3.63, 3.8) is 0 Å². The number of fused-ring (bicyclic) bond motifs is 3. The Morgan fingerprint density at radius 2 is 2.02 bits per heavy atom. The van der Waals surface area contributed by atoms with Crippen LogP contribution < -0.4 is 15.4 Å². The summed E-state index contributed by atoms with van der Waals surface area (Å²) >= 11 is 7.56. The molecule has 2 unspecified atom stereocenters. The lowest BCUT2D eigenvalue weighted by molar-refractivity contribution is 0.152. The molecule has 226 valence electrons. The molecule has 2 aromatic carbocycles. The van der Waals surface area contributed by atoms with Crippen LogP contribution in [0.4, 0.5) is 24.0 Å². The van der Waals surface area contributed by atoms with Crippen LogP contribution in [0.15, 0.2) is 18.2 Å². The fourth-order valence-corrected chi connectivity index (χ4v) is 7.48. The van der Waals surface area contributed by atoms with Gasteiger partial charge < -0.3 is 20.1 Å². The summed E-state index contributed by atoms with van der Waals surface area (Å²) in [5.41, 5.74) is 6.29. The van der Waals surface area contributed by atoms with Crippen LogP contribution >= 0.6 is 22.9 Å². The highest BCUT2D eigenvalue weighted by Gasteiger charge is 2.34. The first kappa shape index (κ1) is 29.7. The molecule has 8 nitrogen and oxygen atoms in total. The Labute approximate surface area is 255 Å². The molecule has 0 amide bonds. The van der Waals surface area contributed by atoms with Crippen LogP contribution in [0.3, 0.4) is 0 Å². The summed E-state index contributed by atoms with van der Waals surface area (Å²) in [7, 11) is 1.40. The highest BCUT2D eigenvalue weighted by molar-refractivity contribution is 7.23. The number of ether oxygens (including phenoxy) is 2. The Balaban J connectivity index is 0.000000310. The second-order valence-electron chi connectivity index (χ2n) is 10.8. The molecule has 5 heterocycles. The predicted molar refractivity (Wildman–Crippen MR) is 163 cm³/mol. The fraction of sp³-hybridized carbons (Fsp3) is 0.433. The number of anilines is 2. The van der Waals surface area contributed by atoms with Crippen molar-refractivity contribution >= 4 is 54.7 Å². The van der Waals surface area contributed by atoms with Gasteiger partial charge in [0.2, 0.25) is 0 Å². The second-order valence-corrected chi connectivity index (χ2v) is 12.3. The fourth-order valence-electron chi connectivity index (χ4n) is 6.23. The van der Waals surface area contributed by atoms with Crippen LogP contribution in [0.1, 0.15) is 31.2 Å². The maximum absolute atomic E-state index is 16.2. The number of nitrogens with two attached hydrogens (primary N) is 1. The van der Waals surface area contributed by atoms with Gasteiger partial charge in [-0.15, -0.1) is 11.3 Å². The second kappa shape index (κ2) is 12.3. The van der Waals surface area contributed by atoms with Crippen LogP contribution in [0.25, 0.3) is 32.1 Å². The predicted octanol–water partition coefficient (Wildman–Crippen LogP) is 6.32. The van der Waals surface area contributed by atoms with Gasteiger partial charge in [-0.2, -0.15) is 15.2 Å². The molecule has 3 saturated heterocycles. The van der Waals surface area contributed by atoms with Crippen molar-refractivity contribution in [2.24, 2.45) is 0 Å². The molecule has 7 rings (SSSR count).